The largest absolute Gasteiger partial charge is 0.375 e. The van der Waals surface area contributed by atoms with E-state index in [1.807, 2.05) is 0 Å². The number of halogens is 2. The maximum Gasteiger partial charge on any atom is 0.245 e. The molecule has 0 bridgehead atoms. The number of aromatic nitrogens is 2. The van der Waals surface area contributed by atoms with Crippen molar-refractivity contribution in [1.29, 1.82) is 0 Å². The number of nitrogens with one attached hydrogen (secondary N) is 1. The lowest BCUT2D eigenvalue weighted by Crippen LogP contribution is -2.01. The zero-order valence-corrected chi connectivity index (χ0v) is 11.5. The SMILES string of the molecule is CC(C)Cc1noc(CNc2ccc(F)cc2Cl)n1. The lowest BCUT2D eigenvalue weighted by atomic mass is 10.1. The van der Waals surface area contributed by atoms with Gasteiger partial charge in [-0.15, -0.1) is 0 Å². The fraction of sp³-hybridized carbons (Fsp3) is 0.385. The molecule has 0 unspecified atom stereocenters. The molecule has 2 aromatic rings. The first-order chi connectivity index (χ1) is 9.04. The molecule has 0 radical (unpaired) electrons. The van der Waals surface area contributed by atoms with Gasteiger partial charge in [0, 0.05) is 6.42 Å². The summed E-state index contributed by atoms with van der Waals surface area (Å²) in [5, 5.41) is 7.24. The third-order valence-electron chi connectivity index (χ3n) is 2.46. The van der Waals surface area contributed by atoms with Crippen LogP contribution in [0.1, 0.15) is 25.6 Å². The Bertz CT molecular complexity index is 557. The second-order valence-corrected chi connectivity index (χ2v) is 5.09. The predicted octanol–water partition coefficient (Wildman–Crippen LogP) is 3.67. The van der Waals surface area contributed by atoms with Crippen LogP contribution in [0.4, 0.5) is 10.1 Å². The molecule has 0 saturated heterocycles. The molecule has 102 valence electrons. The first-order valence-corrected chi connectivity index (χ1v) is 6.43. The standard InChI is InChI=1S/C13H15ClFN3O/c1-8(2)5-12-17-13(19-18-12)7-16-11-4-3-9(15)6-10(11)14/h3-4,6,8,16H,5,7H2,1-2H3. The Morgan fingerprint density at radius 1 is 1.42 bits per heavy atom. The van der Waals surface area contributed by atoms with Gasteiger partial charge in [0.05, 0.1) is 17.3 Å². The molecule has 0 fully saturated rings. The summed E-state index contributed by atoms with van der Waals surface area (Å²) < 4.78 is 18.0. The topological polar surface area (TPSA) is 51.0 Å². The van der Waals surface area contributed by atoms with Gasteiger partial charge in [-0.25, -0.2) is 4.39 Å². The van der Waals surface area contributed by atoms with Crippen molar-refractivity contribution in [2.24, 2.45) is 5.92 Å². The molecule has 4 nitrogen and oxygen atoms in total. The highest BCUT2D eigenvalue weighted by molar-refractivity contribution is 6.33. The molecule has 1 aromatic heterocycles. The minimum atomic E-state index is -0.368. The number of hydrogen-bond donors (Lipinski definition) is 1. The Kier molecular flexibility index (Phi) is 4.37. The molecule has 0 spiro atoms. The predicted molar refractivity (Wildman–Crippen MR) is 71.6 cm³/mol. The summed E-state index contributed by atoms with van der Waals surface area (Å²) in [6.07, 6.45) is 0.779. The fourth-order valence-electron chi connectivity index (χ4n) is 1.61. The van der Waals surface area contributed by atoms with E-state index in [4.69, 9.17) is 16.1 Å². The summed E-state index contributed by atoms with van der Waals surface area (Å²) in [4.78, 5) is 4.26. The van der Waals surface area contributed by atoms with E-state index < -0.39 is 0 Å². The maximum atomic E-state index is 12.9. The van der Waals surface area contributed by atoms with E-state index in [1.165, 1.54) is 12.1 Å². The average molecular weight is 284 g/mol. The van der Waals surface area contributed by atoms with Gasteiger partial charge in [-0.3, -0.25) is 0 Å². The Labute approximate surface area is 116 Å². The Balaban J connectivity index is 1.96. The molecule has 0 saturated carbocycles. The Morgan fingerprint density at radius 2 is 2.21 bits per heavy atom. The highest BCUT2D eigenvalue weighted by Gasteiger charge is 2.08. The second kappa shape index (κ2) is 6.02. The van der Waals surface area contributed by atoms with E-state index >= 15 is 0 Å². The van der Waals surface area contributed by atoms with Gasteiger partial charge in [-0.2, -0.15) is 4.98 Å². The molecule has 1 heterocycles. The highest BCUT2D eigenvalue weighted by Crippen LogP contribution is 2.22. The molecular formula is C13H15ClFN3O. The van der Waals surface area contributed by atoms with Crippen molar-refractivity contribution in [2.75, 3.05) is 5.32 Å². The zero-order valence-electron chi connectivity index (χ0n) is 10.8. The number of anilines is 1. The minimum Gasteiger partial charge on any atom is -0.375 e. The Hall–Kier alpha value is -1.62. The number of benzene rings is 1. The van der Waals surface area contributed by atoms with Crippen molar-refractivity contribution in [2.45, 2.75) is 26.8 Å². The number of nitrogens with zero attached hydrogens (tertiary/aromatic N) is 2. The summed E-state index contributed by atoms with van der Waals surface area (Å²) in [6, 6.07) is 4.16. The smallest absolute Gasteiger partial charge is 0.245 e. The van der Waals surface area contributed by atoms with Crippen LogP contribution in [0.2, 0.25) is 5.02 Å². The van der Waals surface area contributed by atoms with Crippen LogP contribution in [0.5, 0.6) is 0 Å². The van der Waals surface area contributed by atoms with Crippen molar-refractivity contribution in [3.05, 3.63) is 40.8 Å². The molecule has 1 N–H and O–H groups in total. The lowest BCUT2D eigenvalue weighted by Gasteiger charge is -2.05. The van der Waals surface area contributed by atoms with E-state index in [1.54, 1.807) is 6.07 Å². The van der Waals surface area contributed by atoms with E-state index in [0.29, 0.717) is 34.9 Å². The van der Waals surface area contributed by atoms with Crippen LogP contribution in [-0.4, -0.2) is 10.1 Å². The van der Waals surface area contributed by atoms with Gasteiger partial charge in [-0.05, 0) is 24.1 Å². The quantitative estimate of drug-likeness (QED) is 0.909. The van der Waals surface area contributed by atoms with Crippen molar-refractivity contribution in [1.82, 2.24) is 10.1 Å². The van der Waals surface area contributed by atoms with Gasteiger partial charge in [0.2, 0.25) is 5.89 Å². The van der Waals surface area contributed by atoms with Crippen molar-refractivity contribution in [3.63, 3.8) is 0 Å². The normalized spacial score (nSPS) is 11.0. The monoisotopic (exact) mass is 283 g/mol. The summed E-state index contributed by atoms with van der Waals surface area (Å²) >= 11 is 5.90. The highest BCUT2D eigenvalue weighted by atomic mass is 35.5. The van der Waals surface area contributed by atoms with E-state index in [9.17, 15) is 4.39 Å². The van der Waals surface area contributed by atoms with E-state index in [0.717, 1.165) is 6.42 Å². The third-order valence-corrected chi connectivity index (χ3v) is 2.77. The molecule has 2 rings (SSSR count). The van der Waals surface area contributed by atoms with Crippen LogP contribution in [-0.2, 0) is 13.0 Å². The van der Waals surface area contributed by atoms with Gasteiger partial charge in [0.15, 0.2) is 5.82 Å². The molecule has 0 aliphatic rings. The lowest BCUT2D eigenvalue weighted by molar-refractivity contribution is 0.375. The first-order valence-electron chi connectivity index (χ1n) is 6.05. The van der Waals surface area contributed by atoms with Gasteiger partial charge >= 0.3 is 0 Å². The van der Waals surface area contributed by atoms with Gasteiger partial charge in [-0.1, -0.05) is 30.6 Å². The third kappa shape index (κ3) is 3.92. The summed E-state index contributed by atoms with van der Waals surface area (Å²) in [5.41, 5.74) is 0.631. The number of hydrogen-bond acceptors (Lipinski definition) is 4. The van der Waals surface area contributed by atoms with Crippen LogP contribution in [0.25, 0.3) is 0 Å². The fourth-order valence-corrected chi connectivity index (χ4v) is 1.85. The van der Waals surface area contributed by atoms with Gasteiger partial charge < -0.3 is 9.84 Å². The molecule has 19 heavy (non-hydrogen) atoms. The molecule has 0 amide bonds. The van der Waals surface area contributed by atoms with Crippen LogP contribution < -0.4 is 5.32 Å². The molecule has 1 aromatic carbocycles. The second-order valence-electron chi connectivity index (χ2n) is 4.68. The molecule has 0 aliphatic carbocycles. The number of rotatable bonds is 5. The molecule has 0 aliphatic heterocycles. The molecule has 6 heteroatoms. The van der Waals surface area contributed by atoms with Gasteiger partial charge in [0.1, 0.15) is 5.82 Å². The first kappa shape index (κ1) is 13.8. The van der Waals surface area contributed by atoms with Crippen LogP contribution in [0.3, 0.4) is 0 Å². The Morgan fingerprint density at radius 3 is 2.89 bits per heavy atom. The minimum absolute atomic E-state index is 0.321. The van der Waals surface area contributed by atoms with Gasteiger partial charge in [0.25, 0.3) is 0 Å². The van der Waals surface area contributed by atoms with Crippen LogP contribution in [0.15, 0.2) is 22.7 Å². The average Bonchev–Trinajstić information content (AvgIpc) is 2.74. The maximum absolute atomic E-state index is 12.9. The van der Waals surface area contributed by atoms with Crippen molar-refractivity contribution < 1.29 is 8.91 Å². The summed E-state index contributed by atoms with van der Waals surface area (Å²) in [6.45, 7) is 4.54. The summed E-state index contributed by atoms with van der Waals surface area (Å²) in [5.74, 6) is 1.28. The molecule has 0 atom stereocenters. The van der Waals surface area contributed by atoms with Crippen molar-refractivity contribution in [3.8, 4) is 0 Å². The van der Waals surface area contributed by atoms with E-state index in [-0.39, 0.29) is 5.82 Å². The van der Waals surface area contributed by atoms with Crippen molar-refractivity contribution >= 4 is 17.3 Å². The van der Waals surface area contributed by atoms with Crippen LogP contribution in [0, 0.1) is 11.7 Å². The van der Waals surface area contributed by atoms with E-state index in [2.05, 4.69) is 29.3 Å². The zero-order chi connectivity index (χ0) is 13.8. The molecular weight excluding hydrogens is 269 g/mol. The van der Waals surface area contributed by atoms with Crippen LogP contribution >= 0.6 is 11.6 Å². The summed E-state index contributed by atoms with van der Waals surface area (Å²) in [7, 11) is 0.